The first-order chi connectivity index (χ1) is 15.6. The highest BCUT2D eigenvalue weighted by atomic mass is 32.1. The number of ether oxygens (including phenoxy) is 4. The van der Waals surface area contributed by atoms with E-state index < -0.39 is 29.5 Å². The molecule has 4 rings (SSSR count). The number of benzene rings is 1. The number of nitrogens with two attached hydrogens (primary N) is 1. The molecule has 2 aliphatic rings. The normalized spacial score (nSPS) is 17.5. The van der Waals surface area contributed by atoms with Gasteiger partial charge in [-0.25, -0.2) is 4.79 Å². The van der Waals surface area contributed by atoms with E-state index in [1.54, 1.807) is 39.0 Å². The van der Waals surface area contributed by atoms with Crippen molar-refractivity contribution in [1.29, 1.82) is 0 Å². The molecule has 0 fully saturated rings. The number of methoxy groups -OCH3 is 1. The number of nitrogens with zero attached hydrogens (tertiary/aromatic N) is 1. The molecule has 2 N–H and O–H groups in total. The average molecular weight is 475 g/mol. The zero-order chi connectivity index (χ0) is 23.9. The lowest BCUT2D eigenvalue weighted by Crippen LogP contribution is -2.38. The Kier molecular flexibility index (Phi) is 6.17. The largest absolute Gasteiger partial charge is 0.467 e. The first-order valence-electron chi connectivity index (χ1n) is 10.5. The Morgan fingerprint density at radius 3 is 2.76 bits per heavy atom. The van der Waals surface area contributed by atoms with Gasteiger partial charge in [-0.15, -0.1) is 11.3 Å². The number of amides is 2. The van der Waals surface area contributed by atoms with Gasteiger partial charge in [0.15, 0.2) is 12.9 Å². The van der Waals surface area contributed by atoms with Crippen LogP contribution in [0.4, 0.5) is 5.00 Å². The molecule has 2 aromatic rings. The minimum Gasteiger partial charge on any atom is -0.467 e. The molecule has 1 aromatic carbocycles. The minimum absolute atomic E-state index is 0.0192. The van der Waals surface area contributed by atoms with Gasteiger partial charge in [0.1, 0.15) is 16.4 Å². The maximum absolute atomic E-state index is 13.5. The highest BCUT2D eigenvalue weighted by Gasteiger charge is 2.42. The number of anilines is 1. The van der Waals surface area contributed by atoms with Crippen LogP contribution in [0, 0.1) is 0 Å². The summed E-state index contributed by atoms with van der Waals surface area (Å²) in [6, 6.07) is 5.19. The van der Waals surface area contributed by atoms with Gasteiger partial charge in [0.05, 0.1) is 24.3 Å². The summed E-state index contributed by atoms with van der Waals surface area (Å²) >= 11 is 1.12. The average Bonchev–Trinajstić information content (AvgIpc) is 3.27. The fourth-order valence-electron chi connectivity index (χ4n) is 3.94. The fraction of sp³-hybridized carbons (Fsp3) is 0.435. The summed E-state index contributed by atoms with van der Waals surface area (Å²) in [6.07, 6.45) is -0.608. The highest BCUT2D eigenvalue weighted by Crippen LogP contribution is 2.42. The van der Waals surface area contributed by atoms with Crippen molar-refractivity contribution >= 4 is 34.1 Å². The molecule has 1 unspecified atom stereocenters. The van der Waals surface area contributed by atoms with Crippen molar-refractivity contribution in [2.45, 2.75) is 45.4 Å². The third kappa shape index (κ3) is 4.33. The van der Waals surface area contributed by atoms with Crippen LogP contribution in [0.5, 0.6) is 5.75 Å². The molecular weight excluding hydrogens is 448 g/mol. The third-order valence-electron chi connectivity index (χ3n) is 5.27. The van der Waals surface area contributed by atoms with E-state index in [-0.39, 0.29) is 30.5 Å². The highest BCUT2D eigenvalue weighted by molar-refractivity contribution is 7.16. The minimum atomic E-state index is -1.03. The first kappa shape index (κ1) is 23.2. The molecular formula is C23H26N2O7S. The van der Waals surface area contributed by atoms with Crippen LogP contribution in [0.3, 0.4) is 0 Å². The zero-order valence-corrected chi connectivity index (χ0v) is 19.7. The Bertz CT molecular complexity index is 1120. The molecule has 0 bridgehead atoms. The molecule has 10 heteroatoms. The van der Waals surface area contributed by atoms with Crippen molar-refractivity contribution in [1.82, 2.24) is 4.90 Å². The summed E-state index contributed by atoms with van der Waals surface area (Å²) in [7, 11) is 1.48. The van der Waals surface area contributed by atoms with E-state index in [4.69, 9.17) is 24.7 Å². The number of rotatable bonds is 5. The van der Waals surface area contributed by atoms with E-state index in [2.05, 4.69) is 0 Å². The molecule has 1 aromatic heterocycles. The van der Waals surface area contributed by atoms with E-state index in [1.807, 2.05) is 0 Å². The third-order valence-corrected chi connectivity index (χ3v) is 6.37. The SMILES string of the molecule is COCOc1cccc2c1C(=O)N(C(=O)C1OCCc3c1sc(N)c3C(=O)OC(C)(C)C)C2. The van der Waals surface area contributed by atoms with E-state index in [0.29, 0.717) is 33.7 Å². The van der Waals surface area contributed by atoms with E-state index >= 15 is 0 Å². The van der Waals surface area contributed by atoms with Gasteiger partial charge < -0.3 is 24.7 Å². The Morgan fingerprint density at radius 2 is 2.06 bits per heavy atom. The molecule has 33 heavy (non-hydrogen) atoms. The van der Waals surface area contributed by atoms with Crippen LogP contribution in [0.15, 0.2) is 18.2 Å². The van der Waals surface area contributed by atoms with E-state index in [1.165, 1.54) is 7.11 Å². The lowest BCUT2D eigenvalue weighted by Gasteiger charge is -2.26. The number of fused-ring (bicyclic) bond motifs is 2. The molecule has 3 heterocycles. The van der Waals surface area contributed by atoms with Crippen LogP contribution in [-0.2, 0) is 32.0 Å². The Balaban J connectivity index is 1.62. The standard InChI is InChI=1S/C23H26N2O7S/c1-23(2,3)32-22(28)16-13-8-9-30-17(18(13)33-19(16)24)21(27)25-10-12-6-5-7-14(31-11-29-4)15(12)20(25)26/h5-7,17H,8-11,24H2,1-4H3. The molecule has 9 nitrogen and oxygen atoms in total. The number of carbonyl (C=O) groups excluding carboxylic acids is 3. The number of hydrogen-bond donors (Lipinski definition) is 1. The second-order valence-corrected chi connectivity index (χ2v) is 9.84. The monoisotopic (exact) mass is 474 g/mol. The Hall–Kier alpha value is -2.95. The lowest BCUT2D eigenvalue weighted by atomic mass is 10.0. The summed E-state index contributed by atoms with van der Waals surface area (Å²) in [5, 5.41) is 0.267. The smallest absolute Gasteiger partial charge is 0.341 e. The summed E-state index contributed by atoms with van der Waals surface area (Å²) < 4.78 is 21.7. The number of esters is 1. The van der Waals surface area contributed by atoms with Gasteiger partial charge in [-0.3, -0.25) is 14.5 Å². The summed E-state index contributed by atoms with van der Waals surface area (Å²) in [5.74, 6) is -1.15. The molecule has 0 aliphatic carbocycles. The van der Waals surface area contributed by atoms with E-state index in [0.717, 1.165) is 16.2 Å². The Morgan fingerprint density at radius 1 is 1.30 bits per heavy atom. The van der Waals surface area contributed by atoms with Crippen molar-refractivity contribution in [2.75, 3.05) is 26.2 Å². The molecule has 0 saturated carbocycles. The van der Waals surface area contributed by atoms with Crippen LogP contribution < -0.4 is 10.5 Å². The van der Waals surface area contributed by atoms with Gasteiger partial charge >= 0.3 is 5.97 Å². The summed E-state index contributed by atoms with van der Waals surface area (Å²) in [4.78, 5) is 41.0. The van der Waals surface area contributed by atoms with Crippen molar-refractivity contribution in [3.05, 3.63) is 45.3 Å². The van der Waals surface area contributed by atoms with Gasteiger partial charge in [0.25, 0.3) is 11.8 Å². The maximum Gasteiger partial charge on any atom is 0.341 e. The number of imide groups is 1. The lowest BCUT2D eigenvalue weighted by molar-refractivity contribution is -0.142. The number of nitrogen functional groups attached to an aromatic ring is 1. The van der Waals surface area contributed by atoms with Gasteiger partial charge in [-0.1, -0.05) is 12.1 Å². The van der Waals surface area contributed by atoms with E-state index in [9.17, 15) is 14.4 Å². The number of thiophene rings is 1. The molecule has 2 amide bonds. The van der Waals surface area contributed by atoms with Gasteiger partial charge in [-0.05, 0) is 44.4 Å². The molecule has 1 atom stereocenters. The van der Waals surface area contributed by atoms with Crippen molar-refractivity contribution < 1.29 is 33.3 Å². The molecule has 0 saturated heterocycles. The van der Waals surface area contributed by atoms with Crippen molar-refractivity contribution in [3.8, 4) is 5.75 Å². The molecule has 2 aliphatic heterocycles. The van der Waals surface area contributed by atoms with Gasteiger partial charge in [0.2, 0.25) is 0 Å². The first-order valence-corrected chi connectivity index (χ1v) is 11.3. The van der Waals surface area contributed by atoms with Crippen LogP contribution in [0.1, 0.15) is 63.6 Å². The summed E-state index contributed by atoms with van der Waals surface area (Å²) in [6.45, 7) is 5.62. The zero-order valence-electron chi connectivity index (χ0n) is 18.9. The Labute approximate surface area is 195 Å². The number of carbonyl (C=O) groups is 3. The fourth-order valence-corrected chi connectivity index (χ4v) is 5.09. The van der Waals surface area contributed by atoms with Crippen LogP contribution >= 0.6 is 11.3 Å². The van der Waals surface area contributed by atoms with Gasteiger partial charge in [-0.2, -0.15) is 0 Å². The molecule has 176 valence electrons. The predicted octanol–water partition coefficient (Wildman–Crippen LogP) is 3.06. The van der Waals surface area contributed by atoms with Crippen LogP contribution in [0.2, 0.25) is 0 Å². The topological polar surface area (TPSA) is 117 Å². The number of hydrogen-bond acceptors (Lipinski definition) is 9. The second-order valence-electron chi connectivity index (χ2n) is 8.76. The van der Waals surface area contributed by atoms with Crippen LogP contribution in [-0.4, -0.2) is 48.8 Å². The van der Waals surface area contributed by atoms with Gasteiger partial charge in [0, 0.05) is 12.0 Å². The quantitative estimate of drug-likeness (QED) is 0.399. The molecule has 0 spiro atoms. The van der Waals surface area contributed by atoms with Crippen molar-refractivity contribution in [3.63, 3.8) is 0 Å². The second kappa shape index (κ2) is 8.77. The summed E-state index contributed by atoms with van der Waals surface area (Å²) in [5.41, 5.74) is 7.41. The van der Waals surface area contributed by atoms with Crippen LogP contribution in [0.25, 0.3) is 0 Å². The molecule has 0 radical (unpaired) electrons. The maximum atomic E-state index is 13.5. The van der Waals surface area contributed by atoms with Crippen molar-refractivity contribution in [2.24, 2.45) is 0 Å². The predicted molar refractivity (Wildman–Crippen MR) is 120 cm³/mol.